The van der Waals surface area contributed by atoms with Crippen LogP contribution >= 0.6 is 0 Å². The summed E-state index contributed by atoms with van der Waals surface area (Å²) in [5.74, 6) is 1.14. The Hall–Kier alpha value is -2.89. The molecule has 112 valence electrons. The highest BCUT2D eigenvalue weighted by Gasteiger charge is 2.10. The Morgan fingerprint density at radius 3 is 2.82 bits per heavy atom. The van der Waals surface area contributed by atoms with E-state index in [1.165, 1.54) is 0 Å². The van der Waals surface area contributed by atoms with Crippen molar-refractivity contribution in [1.29, 1.82) is 0 Å². The van der Waals surface area contributed by atoms with Crippen molar-refractivity contribution in [1.82, 2.24) is 9.97 Å². The fourth-order valence-corrected chi connectivity index (χ4v) is 2.13. The summed E-state index contributed by atoms with van der Waals surface area (Å²) in [5, 5.41) is 2.85. The first kappa shape index (κ1) is 14.1. The molecule has 0 atom stereocenters. The minimum atomic E-state index is -0.193. The minimum Gasteiger partial charge on any atom is -0.441 e. The number of oxazole rings is 1. The predicted octanol–water partition coefficient (Wildman–Crippen LogP) is 2.85. The molecule has 0 spiro atoms. The van der Waals surface area contributed by atoms with E-state index in [0.29, 0.717) is 22.7 Å². The molecule has 3 aromatic rings. The molecule has 0 aliphatic heterocycles. The van der Waals surface area contributed by atoms with Crippen molar-refractivity contribution in [2.75, 3.05) is 24.3 Å². The van der Waals surface area contributed by atoms with Crippen LogP contribution in [0.25, 0.3) is 11.1 Å². The third kappa shape index (κ3) is 2.76. The number of hydrogen-bond acceptors (Lipinski definition) is 5. The largest absolute Gasteiger partial charge is 0.441 e. The van der Waals surface area contributed by atoms with Gasteiger partial charge in [0.25, 0.3) is 5.91 Å². The van der Waals surface area contributed by atoms with Crippen LogP contribution in [0.15, 0.2) is 40.9 Å². The maximum atomic E-state index is 12.3. The maximum absolute atomic E-state index is 12.3. The number of nitrogens with zero attached hydrogens (tertiary/aromatic N) is 3. The molecular weight excluding hydrogens is 280 g/mol. The van der Waals surface area contributed by atoms with Crippen LogP contribution in [0.3, 0.4) is 0 Å². The van der Waals surface area contributed by atoms with Gasteiger partial charge in [-0.15, -0.1) is 0 Å². The average Bonchev–Trinajstić information content (AvgIpc) is 2.86. The van der Waals surface area contributed by atoms with Crippen LogP contribution in [0.5, 0.6) is 0 Å². The van der Waals surface area contributed by atoms with Crippen LogP contribution in [0.4, 0.5) is 11.5 Å². The Labute approximate surface area is 127 Å². The summed E-state index contributed by atoms with van der Waals surface area (Å²) < 4.78 is 5.47. The van der Waals surface area contributed by atoms with Gasteiger partial charge < -0.3 is 14.6 Å². The van der Waals surface area contributed by atoms with E-state index in [0.717, 1.165) is 11.3 Å². The third-order valence-electron chi connectivity index (χ3n) is 3.22. The summed E-state index contributed by atoms with van der Waals surface area (Å²) in [7, 11) is 3.76. The van der Waals surface area contributed by atoms with Gasteiger partial charge in [-0.3, -0.25) is 4.79 Å². The molecule has 0 aliphatic carbocycles. The topological polar surface area (TPSA) is 71.3 Å². The summed E-state index contributed by atoms with van der Waals surface area (Å²) in [6.45, 7) is 1.79. The van der Waals surface area contributed by atoms with Crippen LogP contribution in [0.2, 0.25) is 0 Å². The Bertz CT molecular complexity index is 839. The molecular formula is C16H16N4O2. The van der Waals surface area contributed by atoms with Gasteiger partial charge >= 0.3 is 0 Å². The lowest BCUT2D eigenvalue weighted by molar-refractivity contribution is 0.102. The monoisotopic (exact) mass is 296 g/mol. The molecule has 2 heterocycles. The number of aromatic nitrogens is 2. The van der Waals surface area contributed by atoms with Crippen LogP contribution in [0, 0.1) is 6.92 Å². The number of carbonyl (C=O) groups excluding carboxylic acids is 1. The van der Waals surface area contributed by atoms with Crippen molar-refractivity contribution < 1.29 is 9.21 Å². The smallest absolute Gasteiger partial charge is 0.255 e. The first-order valence-electron chi connectivity index (χ1n) is 6.85. The van der Waals surface area contributed by atoms with Crippen molar-refractivity contribution in [2.24, 2.45) is 0 Å². The minimum absolute atomic E-state index is 0.193. The highest BCUT2D eigenvalue weighted by molar-refractivity contribution is 6.05. The van der Waals surface area contributed by atoms with Crippen LogP contribution in [-0.4, -0.2) is 30.0 Å². The number of hydrogen-bond donors (Lipinski definition) is 1. The first-order chi connectivity index (χ1) is 10.5. The van der Waals surface area contributed by atoms with Gasteiger partial charge in [-0.2, -0.15) is 0 Å². The van der Waals surface area contributed by atoms with Gasteiger partial charge in [-0.25, -0.2) is 9.97 Å². The number of aryl methyl sites for hydroxylation is 1. The highest BCUT2D eigenvalue weighted by Crippen LogP contribution is 2.20. The molecule has 0 unspecified atom stereocenters. The molecule has 6 nitrogen and oxygen atoms in total. The number of anilines is 2. The van der Waals surface area contributed by atoms with Crippen LogP contribution < -0.4 is 10.2 Å². The summed E-state index contributed by atoms with van der Waals surface area (Å²) in [6.07, 6.45) is 1.62. The normalized spacial score (nSPS) is 10.7. The molecule has 0 radical (unpaired) electrons. The fourth-order valence-electron chi connectivity index (χ4n) is 2.13. The number of carbonyl (C=O) groups is 1. The number of amides is 1. The summed E-state index contributed by atoms with van der Waals surface area (Å²) >= 11 is 0. The zero-order valence-corrected chi connectivity index (χ0v) is 12.6. The molecule has 0 saturated carbocycles. The molecule has 6 heteroatoms. The van der Waals surface area contributed by atoms with E-state index in [1.54, 1.807) is 37.4 Å². The molecule has 1 amide bonds. The molecule has 0 aliphatic rings. The van der Waals surface area contributed by atoms with E-state index in [4.69, 9.17) is 4.42 Å². The highest BCUT2D eigenvalue weighted by atomic mass is 16.3. The molecule has 0 fully saturated rings. The quantitative estimate of drug-likeness (QED) is 0.804. The summed E-state index contributed by atoms with van der Waals surface area (Å²) in [4.78, 5) is 22.6. The van der Waals surface area contributed by atoms with Gasteiger partial charge in [-0.1, -0.05) is 0 Å². The average molecular weight is 296 g/mol. The maximum Gasteiger partial charge on any atom is 0.255 e. The van der Waals surface area contributed by atoms with Crippen molar-refractivity contribution in [2.45, 2.75) is 6.92 Å². The first-order valence-corrected chi connectivity index (χ1v) is 6.85. The Morgan fingerprint density at radius 2 is 2.05 bits per heavy atom. The zero-order chi connectivity index (χ0) is 15.7. The lowest BCUT2D eigenvalue weighted by atomic mass is 10.2. The number of benzene rings is 1. The van der Waals surface area contributed by atoms with Crippen molar-refractivity contribution >= 4 is 28.5 Å². The van der Waals surface area contributed by atoms with E-state index >= 15 is 0 Å². The van der Waals surface area contributed by atoms with Gasteiger partial charge in [0, 0.05) is 44.5 Å². The second kappa shape index (κ2) is 5.48. The van der Waals surface area contributed by atoms with Crippen LogP contribution in [0.1, 0.15) is 16.2 Å². The Morgan fingerprint density at radius 1 is 1.23 bits per heavy atom. The summed E-state index contributed by atoms with van der Waals surface area (Å²) in [6, 6.07) is 8.81. The lowest BCUT2D eigenvalue weighted by Gasteiger charge is -2.12. The van der Waals surface area contributed by atoms with Crippen molar-refractivity contribution in [3.05, 3.63) is 48.0 Å². The van der Waals surface area contributed by atoms with E-state index in [-0.39, 0.29) is 5.91 Å². The second-order valence-electron chi connectivity index (χ2n) is 5.17. The molecule has 22 heavy (non-hydrogen) atoms. The molecule has 1 aromatic carbocycles. The third-order valence-corrected chi connectivity index (χ3v) is 3.22. The molecule has 2 aromatic heterocycles. The van der Waals surface area contributed by atoms with Gasteiger partial charge in [0.05, 0.1) is 0 Å². The molecule has 1 N–H and O–H groups in total. The number of pyridine rings is 1. The Kier molecular flexibility index (Phi) is 3.50. The number of nitrogens with one attached hydrogen (secondary N) is 1. The summed E-state index contributed by atoms with van der Waals surface area (Å²) in [5.41, 5.74) is 2.64. The molecule has 0 bridgehead atoms. The van der Waals surface area contributed by atoms with Crippen LogP contribution in [-0.2, 0) is 0 Å². The van der Waals surface area contributed by atoms with Gasteiger partial charge in [-0.05, 0) is 24.3 Å². The molecule has 0 saturated heterocycles. The van der Waals surface area contributed by atoms with Gasteiger partial charge in [0.1, 0.15) is 11.3 Å². The second-order valence-corrected chi connectivity index (χ2v) is 5.17. The van der Waals surface area contributed by atoms with E-state index < -0.39 is 0 Å². The standard InChI is InChI=1S/C16H16N4O2/c1-10-18-13-5-4-12(9-14(13)22-10)19-16(21)11-6-7-17-15(8-11)20(2)3/h4-9H,1-3H3,(H,19,21). The Balaban J connectivity index is 1.84. The lowest BCUT2D eigenvalue weighted by Crippen LogP contribution is -2.15. The zero-order valence-electron chi connectivity index (χ0n) is 12.6. The number of rotatable bonds is 3. The predicted molar refractivity (Wildman–Crippen MR) is 85.3 cm³/mol. The van der Waals surface area contributed by atoms with E-state index in [1.807, 2.05) is 25.1 Å². The van der Waals surface area contributed by atoms with E-state index in [2.05, 4.69) is 15.3 Å². The van der Waals surface area contributed by atoms with Gasteiger partial charge in [0.2, 0.25) is 0 Å². The van der Waals surface area contributed by atoms with Gasteiger partial charge in [0.15, 0.2) is 11.5 Å². The van der Waals surface area contributed by atoms with Crippen molar-refractivity contribution in [3.63, 3.8) is 0 Å². The van der Waals surface area contributed by atoms with Crippen molar-refractivity contribution in [3.8, 4) is 0 Å². The van der Waals surface area contributed by atoms with E-state index in [9.17, 15) is 4.79 Å². The fraction of sp³-hybridized carbons (Fsp3) is 0.188. The molecule has 3 rings (SSSR count). The SMILES string of the molecule is Cc1nc2ccc(NC(=O)c3ccnc(N(C)C)c3)cc2o1. The number of fused-ring (bicyclic) bond motifs is 1.